The van der Waals surface area contributed by atoms with Gasteiger partial charge in [0, 0.05) is 18.3 Å². The van der Waals surface area contributed by atoms with Gasteiger partial charge < -0.3 is 16.8 Å². The number of nitrogens with two attached hydrogens (primary N) is 2. The molecule has 0 bridgehead atoms. The first kappa shape index (κ1) is 15.0. The highest BCUT2D eigenvalue weighted by Crippen LogP contribution is 2.20. The zero-order chi connectivity index (χ0) is 15.4. The van der Waals surface area contributed by atoms with Gasteiger partial charge in [-0.1, -0.05) is 30.3 Å². The number of aromatic nitrogens is 1. The van der Waals surface area contributed by atoms with E-state index in [0.717, 1.165) is 11.3 Å². The smallest absolute Gasteiger partial charge is 0.252 e. The summed E-state index contributed by atoms with van der Waals surface area (Å²) in [5.74, 6) is -0.490. The van der Waals surface area contributed by atoms with Crippen molar-refractivity contribution >= 4 is 11.6 Å². The van der Waals surface area contributed by atoms with Crippen molar-refractivity contribution in [1.82, 2.24) is 4.98 Å². The molecule has 5 N–H and O–H groups in total. The van der Waals surface area contributed by atoms with E-state index in [1.165, 1.54) is 0 Å². The van der Waals surface area contributed by atoms with E-state index in [4.69, 9.17) is 11.5 Å². The van der Waals surface area contributed by atoms with Crippen LogP contribution in [0, 0.1) is 13.8 Å². The van der Waals surface area contributed by atoms with Gasteiger partial charge in [0.05, 0.1) is 16.9 Å². The van der Waals surface area contributed by atoms with Crippen LogP contribution in [0.5, 0.6) is 0 Å². The van der Waals surface area contributed by atoms with Crippen molar-refractivity contribution in [2.45, 2.75) is 19.9 Å². The summed E-state index contributed by atoms with van der Waals surface area (Å²) < 4.78 is 0. The second-order valence-electron chi connectivity index (χ2n) is 5.03. The van der Waals surface area contributed by atoms with Gasteiger partial charge in [-0.05, 0) is 25.5 Å². The molecule has 5 heteroatoms. The Bertz CT molecular complexity index is 640. The van der Waals surface area contributed by atoms with Crippen molar-refractivity contribution in [1.29, 1.82) is 0 Å². The predicted octanol–water partition coefficient (Wildman–Crippen LogP) is 1.91. The number of pyridine rings is 1. The standard InChI is InChI=1S/C16H20N4O/c1-10-8-14(15(16(18)21)11(2)20-10)19-9-13(17)12-6-4-3-5-7-12/h3-8,13H,9,17H2,1-2H3,(H2,18,21)(H,19,20). The lowest BCUT2D eigenvalue weighted by Crippen LogP contribution is -2.23. The van der Waals surface area contributed by atoms with Crippen molar-refractivity contribution in [2.75, 3.05) is 11.9 Å². The fourth-order valence-electron chi connectivity index (χ4n) is 2.32. The molecule has 1 atom stereocenters. The van der Waals surface area contributed by atoms with Crippen molar-refractivity contribution in [3.63, 3.8) is 0 Å². The number of benzene rings is 1. The zero-order valence-corrected chi connectivity index (χ0v) is 12.3. The Hall–Kier alpha value is -2.40. The Morgan fingerprint density at radius 2 is 1.95 bits per heavy atom. The maximum absolute atomic E-state index is 11.6. The highest BCUT2D eigenvalue weighted by Gasteiger charge is 2.14. The second kappa shape index (κ2) is 6.37. The maximum atomic E-state index is 11.6. The summed E-state index contributed by atoms with van der Waals surface area (Å²) in [6.45, 7) is 4.16. The van der Waals surface area contributed by atoms with Crippen LogP contribution >= 0.6 is 0 Å². The van der Waals surface area contributed by atoms with E-state index in [1.54, 1.807) is 6.92 Å². The van der Waals surface area contributed by atoms with Crippen molar-refractivity contribution in [3.05, 3.63) is 58.9 Å². The largest absolute Gasteiger partial charge is 0.382 e. The van der Waals surface area contributed by atoms with Gasteiger partial charge in [0.2, 0.25) is 0 Å². The summed E-state index contributed by atoms with van der Waals surface area (Å²) in [5.41, 5.74) is 15.2. The van der Waals surface area contributed by atoms with Crippen LogP contribution in [0.3, 0.4) is 0 Å². The Labute approximate surface area is 124 Å². The molecule has 2 rings (SSSR count). The maximum Gasteiger partial charge on any atom is 0.252 e. The Morgan fingerprint density at radius 3 is 2.57 bits per heavy atom. The van der Waals surface area contributed by atoms with Crippen LogP contribution in [0.1, 0.15) is 33.4 Å². The minimum atomic E-state index is -0.490. The Balaban J connectivity index is 2.18. The van der Waals surface area contributed by atoms with Crippen LogP contribution in [0.2, 0.25) is 0 Å². The quantitative estimate of drug-likeness (QED) is 0.781. The SMILES string of the molecule is Cc1cc(NCC(N)c2ccccc2)c(C(N)=O)c(C)n1. The molecule has 110 valence electrons. The van der Waals surface area contributed by atoms with Crippen LogP contribution in [0.15, 0.2) is 36.4 Å². The number of carbonyl (C=O) groups is 1. The molecule has 1 unspecified atom stereocenters. The van der Waals surface area contributed by atoms with Gasteiger partial charge in [0.15, 0.2) is 0 Å². The molecule has 5 nitrogen and oxygen atoms in total. The molecule has 0 radical (unpaired) electrons. The van der Waals surface area contributed by atoms with Crippen LogP contribution in [-0.2, 0) is 0 Å². The summed E-state index contributed by atoms with van der Waals surface area (Å²) in [5, 5.41) is 3.21. The lowest BCUT2D eigenvalue weighted by molar-refractivity contribution is 0.1000. The first-order chi connectivity index (χ1) is 9.99. The molecule has 1 heterocycles. The van der Waals surface area contributed by atoms with E-state index < -0.39 is 5.91 Å². The minimum absolute atomic E-state index is 0.166. The van der Waals surface area contributed by atoms with E-state index in [-0.39, 0.29) is 6.04 Å². The summed E-state index contributed by atoms with van der Waals surface area (Å²) in [6, 6.07) is 11.4. The third-order valence-corrected chi connectivity index (χ3v) is 3.31. The minimum Gasteiger partial charge on any atom is -0.382 e. The molecule has 2 aromatic rings. The fraction of sp³-hybridized carbons (Fsp3) is 0.250. The van der Waals surface area contributed by atoms with Crippen molar-refractivity contribution < 1.29 is 4.79 Å². The van der Waals surface area contributed by atoms with Crippen molar-refractivity contribution in [2.24, 2.45) is 11.5 Å². The van der Waals surface area contributed by atoms with Gasteiger partial charge in [0.25, 0.3) is 5.91 Å². The number of rotatable bonds is 5. The first-order valence-corrected chi connectivity index (χ1v) is 6.81. The molecular weight excluding hydrogens is 264 g/mol. The van der Waals surface area contributed by atoms with Gasteiger partial charge in [-0.2, -0.15) is 0 Å². The van der Waals surface area contributed by atoms with E-state index in [2.05, 4.69) is 10.3 Å². The molecule has 0 saturated heterocycles. The number of hydrogen-bond acceptors (Lipinski definition) is 4. The van der Waals surface area contributed by atoms with Crippen LogP contribution < -0.4 is 16.8 Å². The Kier molecular flexibility index (Phi) is 4.55. The number of anilines is 1. The third kappa shape index (κ3) is 3.58. The number of hydrogen-bond donors (Lipinski definition) is 3. The molecule has 1 amide bonds. The number of nitrogens with one attached hydrogen (secondary N) is 1. The number of aryl methyl sites for hydroxylation is 2. The van der Waals surface area contributed by atoms with Gasteiger partial charge in [-0.3, -0.25) is 9.78 Å². The molecule has 21 heavy (non-hydrogen) atoms. The molecule has 1 aromatic carbocycles. The molecule has 0 aliphatic rings. The molecule has 0 fully saturated rings. The molecule has 0 spiro atoms. The summed E-state index contributed by atoms with van der Waals surface area (Å²) in [7, 11) is 0. The molecule has 1 aromatic heterocycles. The Morgan fingerprint density at radius 1 is 1.29 bits per heavy atom. The number of carbonyl (C=O) groups excluding carboxylic acids is 1. The monoisotopic (exact) mass is 284 g/mol. The van der Waals surface area contributed by atoms with Crippen LogP contribution in [0.4, 0.5) is 5.69 Å². The lowest BCUT2D eigenvalue weighted by Gasteiger charge is -2.17. The average Bonchev–Trinajstić information content (AvgIpc) is 2.44. The van der Waals surface area contributed by atoms with E-state index >= 15 is 0 Å². The molecular formula is C16H20N4O. The number of amides is 1. The molecule has 0 saturated carbocycles. The lowest BCUT2D eigenvalue weighted by atomic mass is 10.1. The topological polar surface area (TPSA) is 94.0 Å². The average molecular weight is 284 g/mol. The first-order valence-electron chi connectivity index (χ1n) is 6.81. The molecule has 0 aliphatic heterocycles. The highest BCUT2D eigenvalue weighted by molar-refractivity contribution is 5.99. The van der Waals surface area contributed by atoms with E-state index in [1.807, 2.05) is 43.3 Å². The van der Waals surface area contributed by atoms with E-state index in [9.17, 15) is 4.79 Å². The van der Waals surface area contributed by atoms with Gasteiger partial charge in [-0.25, -0.2) is 0 Å². The zero-order valence-electron chi connectivity index (χ0n) is 12.3. The van der Waals surface area contributed by atoms with Crippen LogP contribution in [0.25, 0.3) is 0 Å². The third-order valence-electron chi connectivity index (χ3n) is 3.31. The summed E-state index contributed by atoms with van der Waals surface area (Å²) in [6.07, 6.45) is 0. The normalized spacial score (nSPS) is 12.0. The predicted molar refractivity (Wildman–Crippen MR) is 84.1 cm³/mol. The van der Waals surface area contributed by atoms with Crippen molar-refractivity contribution in [3.8, 4) is 0 Å². The fourth-order valence-corrected chi connectivity index (χ4v) is 2.32. The van der Waals surface area contributed by atoms with Crippen LogP contribution in [-0.4, -0.2) is 17.4 Å². The summed E-state index contributed by atoms with van der Waals surface area (Å²) in [4.78, 5) is 15.8. The highest BCUT2D eigenvalue weighted by atomic mass is 16.1. The van der Waals surface area contributed by atoms with Gasteiger partial charge in [0.1, 0.15) is 0 Å². The second-order valence-corrected chi connectivity index (χ2v) is 5.03. The van der Waals surface area contributed by atoms with E-state index in [0.29, 0.717) is 23.5 Å². The van der Waals surface area contributed by atoms with Gasteiger partial charge in [-0.15, -0.1) is 0 Å². The number of nitrogens with zero attached hydrogens (tertiary/aromatic N) is 1. The number of primary amides is 1. The van der Waals surface area contributed by atoms with Gasteiger partial charge >= 0.3 is 0 Å². The molecule has 0 aliphatic carbocycles. The summed E-state index contributed by atoms with van der Waals surface area (Å²) >= 11 is 0.